The standard InChI is InChI=1S/C15H15ClN2O2/c1-20-13-8-7-11(9-12(13)16)18-14(15(17)19)10-5-3-2-4-6-10/h2-9,14,18H,1H3,(H2,17,19)/t14-/m0/s1. The lowest BCUT2D eigenvalue weighted by atomic mass is 10.1. The van der Waals surface area contributed by atoms with E-state index in [4.69, 9.17) is 22.1 Å². The minimum Gasteiger partial charge on any atom is -0.495 e. The molecule has 104 valence electrons. The molecule has 0 aliphatic heterocycles. The number of rotatable bonds is 5. The second-order valence-corrected chi connectivity index (χ2v) is 4.65. The number of carbonyl (C=O) groups excluding carboxylic acids is 1. The van der Waals surface area contributed by atoms with Crippen LogP contribution in [0.3, 0.4) is 0 Å². The zero-order chi connectivity index (χ0) is 14.5. The first-order chi connectivity index (χ1) is 9.61. The maximum Gasteiger partial charge on any atom is 0.244 e. The highest BCUT2D eigenvalue weighted by Crippen LogP contribution is 2.29. The molecule has 0 radical (unpaired) electrons. The van der Waals surface area contributed by atoms with Crippen molar-refractivity contribution in [3.63, 3.8) is 0 Å². The van der Waals surface area contributed by atoms with E-state index in [0.29, 0.717) is 16.5 Å². The lowest BCUT2D eigenvalue weighted by molar-refractivity contribution is -0.118. The van der Waals surface area contributed by atoms with E-state index < -0.39 is 11.9 Å². The summed E-state index contributed by atoms with van der Waals surface area (Å²) in [6.07, 6.45) is 0. The van der Waals surface area contributed by atoms with Gasteiger partial charge in [-0.2, -0.15) is 0 Å². The fourth-order valence-corrected chi connectivity index (χ4v) is 2.14. The van der Waals surface area contributed by atoms with Crippen LogP contribution in [0.25, 0.3) is 0 Å². The molecule has 0 unspecified atom stereocenters. The molecule has 4 nitrogen and oxygen atoms in total. The highest BCUT2D eigenvalue weighted by Gasteiger charge is 2.17. The predicted molar refractivity (Wildman–Crippen MR) is 80.0 cm³/mol. The quantitative estimate of drug-likeness (QED) is 0.890. The molecule has 0 spiro atoms. The Balaban J connectivity index is 2.25. The van der Waals surface area contributed by atoms with E-state index in [9.17, 15) is 4.79 Å². The summed E-state index contributed by atoms with van der Waals surface area (Å²) in [5, 5.41) is 3.54. The Kier molecular flexibility index (Phi) is 4.48. The van der Waals surface area contributed by atoms with Crippen LogP contribution in [0.4, 0.5) is 5.69 Å². The summed E-state index contributed by atoms with van der Waals surface area (Å²) >= 11 is 6.06. The van der Waals surface area contributed by atoms with Crippen molar-refractivity contribution in [1.29, 1.82) is 0 Å². The van der Waals surface area contributed by atoms with Crippen molar-refractivity contribution in [3.8, 4) is 5.75 Å². The molecule has 2 aromatic carbocycles. The lowest BCUT2D eigenvalue weighted by Gasteiger charge is -2.17. The number of hydrogen-bond acceptors (Lipinski definition) is 3. The van der Waals surface area contributed by atoms with Crippen molar-refractivity contribution in [2.75, 3.05) is 12.4 Å². The van der Waals surface area contributed by atoms with E-state index in [1.807, 2.05) is 30.3 Å². The van der Waals surface area contributed by atoms with Gasteiger partial charge in [-0.15, -0.1) is 0 Å². The van der Waals surface area contributed by atoms with Gasteiger partial charge >= 0.3 is 0 Å². The van der Waals surface area contributed by atoms with Gasteiger partial charge in [-0.05, 0) is 23.8 Å². The van der Waals surface area contributed by atoms with Crippen LogP contribution in [0.1, 0.15) is 11.6 Å². The van der Waals surface area contributed by atoms with Crippen LogP contribution in [0.5, 0.6) is 5.75 Å². The molecule has 0 aromatic heterocycles. The molecule has 1 amide bonds. The number of hydrogen-bond donors (Lipinski definition) is 2. The number of primary amides is 1. The van der Waals surface area contributed by atoms with Gasteiger partial charge in [0.2, 0.25) is 5.91 Å². The van der Waals surface area contributed by atoms with Crippen LogP contribution in [0, 0.1) is 0 Å². The number of benzene rings is 2. The van der Waals surface area contributed by atoms with E-state index in [1.54, 1.807) is 25.3 Å². The first kappa shape index (κ1) is 14.2. The highest BCUT2D eigenvalue weighted by molar-refractivity contribution is 6.32. The van der Waals surface area contributed by atoms with Crippen LogP contribution < -0.4 is 15.8 Å². The van der Waals surface area contributed by atoms with E-state index in [2.05, 4.69) is 5.32 Å². The Labute approximate surface area is 122 Å². The van der Waals surface area contributed by atoms with Crippen LogP contribution >= 0.6 is 11.6 Å². The smallest absolute Gasteiger partial charge is 0.244 e. The summed E-state index contributed by atoms with van der Waals surface area (Å²) in [6.45, 7) is 0. The third kappa shape index (κ3) is 3.22. The number of carbonyl (C=O) groups is 1. The van der Waals surface area contributed by atoms with Crippen LogP contribution in [-0.2, 0) is 4.79 Å². The van der Waals surface area contributed by atoms with Crippen molar-refractivity contribution in [2.45, 2.75) is 6.04 Å². The number of ether oxygens (including phenoxy) is 1. The third-order valence-corrected chi connectivity index (χ3v) is 3.18. The Morgan fingerprint density at radius 3 is 2.50 bits per heavy atom. The summed E-state index contributed by atoms with van der Waals surface area (Å²) in [4.78, 5) is 11.6. The number of amides is 1. The molecule has 20 heavy (non-hydrogen) atoms. The van der Waals surface area contributed by atoms with Gasteiger partial charge < -0.3 is 15.8 Å². The number of nitrogens with one attached hydrogen (secondary N) is 1. The van der Waals surface area contributed by atoms with Gasteiger partial charge in [-0.3, -0.25) is 4.79 Å². The number of halogens is 1. The van der Waals surface area contributed by atoms with Gasteiger partial charge in [0.1, 0.15) is 11.8 Å². The average Bonchev–Trinajstić information content (AvgIpc) is 2.45. The van der Waals surface area contributed by atoms with Gasteiger partial charge in [0.15, 0.2) is 0 Å². The Morgan fingerprint density at radius 2 is 1.95 bits per heavy atom. The van der Waals surface area contributed by atoms with Gasteiger partial charge in [-0.1, -0.05) is 41.9 Å². The van der Waals surface area contributed by atoms with Crippen molar-refractivity contribution < 1.29 is 9.53 Å². The summed E-state index contributed by atoms with van der Waals surface area (Å²) < 4.78 is 5.09. The SMILES string of the molecule is COc1ccc(N[C@H](C(N)=O)c2ccccc2)cc1Cl. The molecular formula is C15H15ClN2O2. The molecule has 5 heteroatoms. The molecule has 2 aromatic rings. The molecule has 0 saturated heterocycles. The van der Waals surface area contributed by atoms with E-state index in [0.717, 1.165) is 5.56 Å². The molecule has 2 rings (SSSR count). The van der Waals surface area contributed by atoms with Crippen LogP contribution in [-0.4, -0.2) is 13.0 Å². The topological polar surface area (TPSA) is 64.3 Å². The highest BCUT2D eigenvalue weighted by atomic mass is 35.5. The van der Waals surface area contributed by atoms with Gasteiger partial charge in [0, 0.05) is 5.69 Å². The van der Waals surface area contributed by atoms with Gasteiger partial charge in [0.25, 0.3) is 0 Å². The molecule has 0 aliphatic carbocycles. The first-order valence-corrected chi connectivity index (χ1v) is 6.44. The normalized spacial score (nSPS) is 11.7. The first-order valence-electron chi connectivity index (χ1n) is 6.06. The molecule has 0 fully saturated rings. The Bertz CT molecular complexity index is 602. The fraction of sp³-hybridized carbons (Fsp3) is 0.133. The monoisotopic (exact) mass is 290 g/mol. The third-order valence-electron chi connectivity index (χ3n) is 2.88. The zero-order valence-electron chi connectivity index (χ0n) is 11.0. The average molecular weight is 291 g/mol. The molecule has 1 atom stereocenters. The second-order valence-electron chi connectivity index (χ2n) is 4.24. The Morgan fingerprint density at radius 1 is 1.25 bits per heavy atom. The van der Waals surface area contributed by atoms with Crippen molar-refractivity contribution in [2.24, 2.45) is 5.73 Å². The van der Waals surface area contributed by atoms with Crippen molar-refractivity contribution in [3.05, 3.63) is 59.1 Å². The molecule has 0 aliphatic rings. The number of anilines is 1. The zero-order valence-corrected chi connectivity index (χ0v) is 11.7. The predicted octanol–water partition coefficient (Wildman–Crippen LogP) is 2.99. The Hall–Kier alpha value is -2.20. The molecule has 0 saturated carbocycles. The molecule has 0 bridgehead atoms. The van der Waals surface area contributed by atoms with Crippen molar-refractivity contribution in [1.82, 2.24) is 0 Å². The summed E-state index contributed by atoms with van der Waals surface area (Å²) in [5.74, 6) is 0.121. The van der Waals surface area contributed by atoms with Crippen LogP contribution in [0.2, 0.25) is 5.02 Å². The van der Waals surface area contributed by atoms with Gasteiger partial charge in [0.05, 0.1) is 12.1 Å². The van der Waals surface area contributed by atoms with Crippen molar-refractivity contribution >= 4 is 23.2 Å². The van der Waals surface area contributed by atoms with E-state index in [1.165, 1.54) is 0 Å². The maximum absolute atomic E-state index is 11.6. The largest absolute Gasteiger partial charge is 0.495 e. The number of nitrogens with two attached hydrogens (primary N) is 1. The van der Waals surface area contributed by atoms with Gasteiger partial charge in [-0.25, -0.2) is 0 Å². The minimum absolute atomic E-state index is 0.455. The summed E-state index contributed by atoms with van der Waals surface area (Å²) in [6, 6.07) is 13.9. The molecule has 0 heterocycles. The minimum atomic E-state index is -0.610. The molecule has 3 N–H and O–H groups in total. The summed E-state index contributed by atoms with van der Waals surface area (Å²) in [5.41, 5.74) is 6.95. The fourth-order valence-electron chi connectivity index (χ4n) is 1.89. The lowest BCUT2D eigenvalue weighted by Crippen LogP contribution is -2.27. The summed E-state index contributed by atoms with van der Waals surface area (Å²) in [7, 11) is 1.55. The molecular weight excluding hydrogens is 276 g/mol. The van der Waals surface area contributed by atoms with E-state index in [-0.39, 0.29) is 0 Å². The van der Waals surface area contributed by atoms with E-state index >= 15 is 0 Å². The maximum atomic E-state index is 11.6. The second kappa shape index (κ2) is 6.30. The van der Waals surface area contributed by atoms with Crippen LogP contribution in [0.15, 0.2) is 48.5 Å². The number of methoxy groups -OCH3 is 1.